The Kier molecular flexibility index (Phi) is 8.33. The first-order chi connectivity index (χ1) is 20.6. The molecule has 0 aliphatic heterocycles. The van der Waals surface area contributed by atoms with Gasteiger partial charge < -0.3 is 29.7 Å². The van der Waals surface area contributed by atoms with Crippen LogP contribution in [-0.4, -0.2) is 47.0 Å². The molecule has 3 aromatic rings. The fourth-order valence-electron chi connectivity index (χ4n) is 5.50. The number of phenolic OH excluding ortho intramolecular Hbond substituents is 2. The van der Waals surface area contributed by atoms with Crippen LogP contribution < -0.4 is 10.1 Å². The number of alkyl carbamates (subject to hydrolysis) is 1. The molecule has 1 atom stereocenters. The molecule has 0 saturated heterocycles. The van der Waals surface area contributed by atoms with Crippen molar-refractivity contribution in [2.24, 2.45) is 5.92 Å². The molecule has 0 aromatic heterocycles. The molecule has 224 valence electrons. The highest BCUT2D eigenvalue weighted by Gasteiger charge is 2.37. The van der Waals surface area contributed by atoms with Gasteiger partial charge in [0.25, 0.3) is 0 Å². The van der Waals surface area contributed by atoms with Gasteiger partial charge in [-0.15, -0.1) is 0 Å². The van der Waals surface area contributed by atoms with Crippen LogP contribution in [0.1, 0.15) is 81.7 Å². The number of ether oxygens (including phenoxy) is 3. The van der Waals surface area contributed by atoms with Gasteiger partial charge in [-0.3, -0.25) is 14.4 Å². The molecule has 5 rings (SSSR count). The Morgan fingerprint density at radius 2 is 1.63 bits per heavy atom. The van der Waals surface area contributed by atoms with Gasteiger partial charge in [-0.25, -0.2) is 9.18 Å². The van der Waals surface area contributed by atoms with E-state index in [-0.39, 0.29) is 29.3 Å². The van der Waals surface area contributed by atoms with E-state index in [0.29, 0.717) is 31.4 Å². The SMILES string of the molecule is COc1ccc(COC(=O)NC2CCC(C(=O)OC(C)c3cc(O)c4c(c3O)C(=O)c3cc(F)ccc3C4=O)CC2)cc1. The molecule has 0 spiro atoms. The van der Waals surface area contributed by atoms with Crippen LogP contribution in [0.25, 0.3) is 0 Å². The third-order valence-corrected chi connectivity index (χ3v) is 7.88. The quantitative estimate of drug-likeness (QED) is 0.197. The zero-order valence-electron chi connectivity index (χ0n) is 23.5. The number of carbonyl (C=O) groups excluding carboxylic acids is 4. The van der Waals surface area contributed by atoms with Crippen LogP contribution in [-0.2, 0) is 20.9 Å². The lowest BCUT2D eigenvalue weighted by Crippen LogP contribution is -2.39. The highest BCUT2D eigenvalue weighted by molar-refractivity contribution is 6.30. The van der Waals surface area contributed by atoms with E-state index >= 15 is 0 Å². The monoisotopic (exact) mass is 591 g/mol. The van der Waals surface area contributed by atoms with Crippen LogP contribution in [0.15, 0.2) is 48.5 Å². The minimum Gasteiger partial charge on any atom is -0.507 e. The Labute approximate surface area is 246 Å². The molecule has 0 bridgehead atoms. The van der Waals surface area contributed by atoms with Gasteiger partial charge in [0.1, 0.15) is 35.8 Å². The lowest BCUT2D eigenvalue weighted by molar-refractivity contribution is -0.154. The van der Waals surface area contributed by atoms with Crippen LogP contribution in [0.5, 0.6) is 17.2 Å². The second kappa shape index (κ2) is 12.1. The molecule has 10 nitrogen and oxygen atoms in total. The Hall–Kier alpha value is -4.93. The van der Waals surface area contributed by atoms with Gasteiger partial charge in [-0.2, -0.15) is 0 Å². The highest BCUT2D eigenvalue weighted by atomic mass is 19.1. The minimum absolute atomic E-state index is 0.0689. The Morgan fingerprint density at radius 3 is 2.30 bits per heavy atom. The highest BCUT2D eigenvalue weighted by Crippen LogP contribution is 2.43. The molecule has 1 fully saturated rings. The smallest absolute Gasteiger partial charge is 0.407 e. The number of fused-ring (bicyclic) bond motifs is 2. The van der Waals surface area contributed by atoms with Gasteiger partial charge in [0, 0.05) is 22.7 Å². The molecule has 0 radical (unpaired) electrons. The Balaban J connectivity index is 1.17. The molecule has 1 unspecified atom stereocenters. The maximum Gasteiger partial charge on any atom is 0.407 e. The zero-order valence-corrected chi connectivity index (χ0v) is 23.5. The molecular weight excluding hydrogens is 561 g/mol. The van der Waals surface area contributed by atoms with Crippen LogP contribution in [0.3, 0.4) is 0 Å². The molecule has 3 aromatic carbocycles. The van der Waals surface area contributed by atoms with Gasteiger partial charge in [0.15, 0.2) is 11.6 Å². The van der Waals surface area contributed by atoms with E-state index in [4.69, 9.17) is 14.2 Å². The number of phenols is 2. The number of methoxy groups -OCH3 is 1. The molecule has 1 amide bonds. The number of esters is 1. The number of amides is 1. The summed E-state index contributed by atoms with van der Waals surface area (Å²) in [6, 6.07) is 11.1. The van der Waals surface area contributed by atoms with Gasteiger partial charge in [-0.1, -0.05) is 12.1 Å². The van der Waals surface area contributed by atoms with Crippen LogP contribution >= 0.6 is 0 Å². The van der Waals surface area contributed by atoms with Crippen molar-refractivity contribution < 1.29 is 48.0 Å². The fourth-order valence-corrected chi connectivity index (χ4v) is 5.50. The third kappa shape index (κ3) is 6.01. The van der Waals surface area contributed by atoms with Crippen molar-refractivity contribution in [1.29, 1.82) is 0 Å². The summed E-state index contributed by atoms with van der Waals surface area (Å²) in [5.74, 6) is -3.80. The third-order valence-electron chi connectivity index (χ3n) is 7.88. The summed E-state index contributed by atoms with van der Waals surface area (Å²) in [5.41, 5.74) is -0.436. The first-order valence-corrected chi connectivity index (χ1v) is 13.8. The Bertz CT molecular complexity index is 1590. The van der Waals surface area contributed by atoms with Crippen molar-refractivity contribution in [3.63, 3.8) is 0 Å². The zero-order chi connectivity index (χ0) is 30.8. The molecule has 11 heteroatoms. The van der Waals surface area contributed by atoms with Crippen LogP contribution in [0.4, 0.5) is 9.18 Å². The second-order valence-electron chi connectivity index (χ2n) is 10.6. The minimum atomic E-state index is -1.08. The average molecular weight is 592 g/mol. The maximum atomic E-state index is 13.8. The van der Waals surface area contributed by atoms with Crippen molar-refractivity contribution >= 4 is 23.6 Å². The van der Waals surface area contributed by atoms with Gasteiger partial charge in [0.2, 0.25) is 0 Å². The predicted octanol–water partition coefficient (Wildman–Crippen LogP) is 5.11. The summed E-state index contributed by atoms with van der Waals surface area (Å²) in [6.45, 7) is 1.57. The van der Waals surface area contributed by atoms with E-state index in [1.807, 2.05) is 0 Å². The first kappa shape index (κ1) is 29.6. The van der Waals surface area contributed by atoms with Crippen molar-refractivity contribution in [2.45, 2.75) is 51.4 Å². The normalized spacial score (nSPS) is 18.2. The molecule has 3 N–H and O–H groups in total. The summed E-state index contributed by atoms with van der Waals surface area (Å²) in [7, 11) is 1.57. The molecule has 1 saturated carbocycles. The van der Waals surface area contributed by atoms with Crippen LogP contribution in [0.2, 0.25) is 0 Å². The van der Waals surface area contributed by atoms with Gasteiger partial charge in [-0.05, 0) is 74.6 Å². The number of hydrogen-bond donors (Lipinski definition) is 3. The second-order valence-corrected chi connectivity index (χ2v) is 10.6. The number of halogens is 1. The number of nitrogens with one attached hydrogen (secondary N) is 1. The number of hydrogen-bond acceptors (Lipinski definition) is 9. The van der Waals surface area contributed by atoms with Gasteiger partial charge >= 0.3 is 12.1 Å². The van der Waals surface area contributed by atoms with Gasteiger partial charge in [0.05, 0.1) is 24.2 Å². The molecule has 0 heterocycles. The average Bonchev–Trinajstić information content (AvgIpc) is 3.00. The summed E-state index contributed by atoms with van der Waals surface area (Å²) >= 11 is 0. The molecule has 2 aliphatic rings. The van der Waals surface area contributed by atoms with E-state index in [9.17, 15) is 33.8 Å². The predicted molar refractivity (Wildman–Crippen MR) is 150 cm³/mol. The van der Waals surface area contributed by atoms with E-state index < -0.39 is 64.1 Å². The lowest BCUT2D eigenvalue weighted by atomic mass is 9.81. The number of benzene rings is 3. The number of ketones is 2. The first-order valence-electron chi connectivity index (χ1n) is 13.8. The van der Waals surface area contributed by atoms with E-state index in [0.717, 1.165) is 29.8 Å². The van der Waals surface area contributed by atoms with Crippen LogP contribution in [0, 0.1) is 11.7 Å². The van der Waals surface area contributed by atoms with E-state index in [2.05, 4.69) is 5.32 Å². The number of rotatable bonds is 7. The van der Waals surface area contributed by atoms with Crippen molar-refractivity contribution in [2.75, 3.05) is 7.11 Å². The van der Waals surface area contributed by atoms with Crippen molar-refractivity contribution in [3.8, 4) is 17.2 Å². The topological polar surface area (TPSA) is 148 Å². The summed E-state index contributed by atoms with van der Waals surface area (Å²) in [6.07, 6.45) is 0.269. The van der Waals surface area contributed by atoms with Crippen molar-refractivity contribution in [3.05, 3.63) is 87.7 Å². The van der Waals surface area contributed by atoms with Crippen molar-refractivity contribution in [1.82, 2.24) is 5.32 Å². The molecule has 2 aliphatic carbocycles. The van der Waals surface area contributed by atoms with E-state index in [1.54, 1.807) is 31.4 Å². The summed E-state index contributed by atoms with van der Waals surface area (Å²) in [4.78, 5) is 51.3. The van der Waals surface area contributed by atoms with E-state index in [1.165, 1.54) is 6.92 Å². The lowest BCUT2D eigenvalue weighted by Gasteiger charge is -2.29. The largest absolute Gasteiger partial charge is 0.507 e. The molecule has 43 heavy (non-hydrogen) atoms. The summed E-state index contributed by atoms with van der Waals surface area (Å²) in [5, 5.41) is 24.4. The molecular formula is C32H30FNO9. The summed E-state index contributed by atoms with van der Waals surface area (Å²) < 4.78 is 29.8. The number of carbonyl (C=O) groups is 4. The maximum absolute atomic E-state index is 13.8. The number of aromatic hydroxyl groups is 2. The Morgan fingerprint density at radius 1 is 0.953 bits per heavy atom. The standard InChI is InChI=1S/C32H30FNO9/c1-16(23-14-25(35)26-27(29(23)37)30(38)24-13-19(33)7-12-22(24)28(26)36)43-31(39)18-5-8-20(9-6-18)34-32(40)42-15-17-3-10-21(41-2)11-4-17/h3-4,7,10-14,16,18,20,35,37H,5-6,8-9,15H2,1-2H3,(H,34,40). The fraction of sp³-hybridized carbons (Fsp3) is 0.312.